The molecule has 0 unspecified atom stereocenters. The fraction of sp³-hybridized carbons (Fsp3) is 0. The Morgan fingerprint density at radius 2 is 2.29 bits per heavy atom. The van der Waals surface area contributed by atoms with Gasteiger partial charge in [-0.05, 0) is 12.1 Å². The van der Waals surface area contributed by atoms with Crippen LogP contribution >= 0.6 is 22.9 Å². The zero-order valence-corrected chi connectivity index (χ0v) is 8.85. The van der Waals surface area contributed by atoms with Crippen molar-refractivity contribution in [3.8, 4) is 0 Å². The molecule has 0 aliphatic rings. The minimum atomic E-state index is -1.20. The van der Waals surface area contributed by atoms with Crippen molar-refractivity contribution in [1.82, 2.24) is 4.98 Å². The maximum atomic E-state index is 10.5. The first-order chi connectivity index (χ1) is 6.18. The SMILES string of the molecule is O=C([O-])c1cc2nccc(Cl)c2s1.[Li+]. The van der Waals surface area contributed by atoms with Gasteiger partial charge in [-0.25, -0.2) is 0 Å². The molecule has 0 aliphatic heterocycles. The molecule has 0 spiro atoms. The van der Waals surface area contributed by atoms with E-state index in [0.717, 1.165) is 11.3 Å². The van der Waals surface area contributed by atoms with Crippen LogP contribution in [-0.4, -0.2) is 11.0 Å². The molecule has 2 heterocycles. The van der Waals surface area contributed by atoms with Crippen LogP contribution in [0.25, 0.3) is 10.2 Å². The Morgan fingerprint density at radius 3 is 2.86 bits per heavy atom. The third kappa shape index (κ3) is 1.94. The van der Waals surface area contributed by atoms with E-state index in [1.54, 1.807) is 6.07 Å². The smallest absolute Gasteiger partial charge is 0.544 e. The molecule has 0 fully saturated rings. The molecule has 0 amide bonds. The maximum absolute atomic E-state index is 10.5. The summed E-state index contributed by atoms with van der Waals surface area (Å²) in [5.41, 5.74) is 0.594. The zero-order chi connectivity index (χ0) is 9.42. The van der Waals surface area contributed by atoms with E-state index in [0.29, 0.717) is 15.2 Å². The molecule has 0 N–H and O–H groups in total. The van der Waals surface area contributed by atoms with Gasteiger partial charge in [-0.1, -0.05) is 11.6 Å². The second kappa shape index (κ2) is 4.33. The Bertz CT molecular complexity index is 485. The number of rotatable bonds is 1. The van der Waals surface area contributed by atoms with Gasteiger partial charge < -0.3 is 9.90 Å². The topological polar surface area (TPSA) is 53.0 Å². The van der Waals surface area contributed by atoms with Crippen molar-refractivity contribution < 1.29 is 28.8 Å². The third-order valence-electron chi connectivity index (χ3n) is 1.57. The van der Waals surface area contributed by atoms with Crippen molar-refractivity contribution in [2.45, 2.75) is 0 Å². The monoisotopic (exact) mass is 219 g/mol. The number of hydrogen-bond donors (Lipinski definition) is 0. The number of nitrogens with zero attached hydrogens (tertiary/aromatic N) is 1. The van der Waals surface area contributed by atoms with E-state index in [4.69, 9.17) is 11.6 Å². The van der Waals surface area contributed by atoms with E-state index in [9.17, 15) is 9.90 Å². The van der Waals surface area contributed by atoms with Crippen LogP contribution in [0.4, 0.5) is 0 Å². The summed E-state index contributed by atoms with van der Waals surface area (Å²) in [5, 5.41) is 11.0. The standard InChI is InChI=1S/C8H4ClNO2S.Li/c9-4-1-2-10-5-3-6(8(11)12)13-7(4)5;/h1-3H,(H,11,12);/q;+1/p-1. The van der Waals surface area contributed by atoms with Gasteiger partial charge in [-0.3, -0.25) is 4.98 Å². The van der Waals surface area contributed by atoms with Crippen LogP contribution in [0.3, 0.4) is 0 Å². The number of aromatic carboxylic acids is 1. The molecule has 0 saturated heterocycles. The first-order valence-electron chi connectivity index (χ1n) is 3.44. The molecule has 0 aromatic carbocycles. The molecule has 0 bridgehead atoms. The summed E-state index contributed by atoms with van der Waals surface area (Å²) in [6.07, 6.45) is 1.54. The zero-order valence-electron chi connectivity index (χ0n) is 7.28. The van der Waals surface area contributed by atoms with Crippen molar-refractivity contribution in [2.75, 3.05) is 0 Å². The van der Waals surface area contributed by atoms with E-state index in [2.05, 4.69) is 4.98 Å². The molecule has 66 valence electrons. The van der Waals surface area contributed by atoms with Gasteiger partial charge in [0.2, 0.25) is 0 Å². The van der Waals surface area contributed by atoms with Crippen molar-refractivity contribution >= 4 is 39.1 Å². The molecule has 2 rings (SSSR count). The van der Waals surface area contributed by atoms with Crippen molar-refractivity contribution in [3.05, 3.63) is 28.2 Å². The molecule has 0 atom stereocenters. The fourth-order valence-electron chi connectivity index (χ4n) is 1.01. The first-order valence-corrected chi connectivity index (χ1v) is 4.63. The summed E-state index contributed by atoms with van der Waals surface area (Å²) in [7, 11) is 0. The second-order valence-corrected chi connectivity index (χ2v) is 3.86. The molecule has 14 heavy (non-hydrogen) atoms. The van der Waals surface area contributed by atoms with Crippen molar-refractivity contribution in [1.29, 1.82) is 0 Å². The first kappa shape index (κ1) is 11.5. The number of carboxylic acids is 1. The number of fused-ring (bicyclic) bond motifs is 1. The fourth-order valence-corrected chi connectivity index (χ4v) is 2.13. The molecule has 2 aromatic heterocycles. The number of carbonyl (C=O) groups is 1. The Balaban J connectivity index is 0.000000980. The predicted octanol–water partition coefficient (Wildman–Crippen LogP) is -1.68. The molecular weight excluding hydrogens is 217 g/mol. The average Bonchev–Trinajstić information content (AvgIpc) is 2.49. The van der Waals surface area contributed by atoms with Gasteiger partial charge in [-0.15, -0.1) is 11.3 Å². The van der Waals surface area contributed by atoms with Gasteiger partial charge in [0.05, 0.1) is 26.1 Å². The molecule has 6 heteroatoms. The average molecular weight is 220 g/mol. The maximum Gasteiger partial charge on any atom is 1.00 e. The van der Waals surface area contributed by atoms with Gasteiger partial charge in [-0.2, -0.15) is 0 Å². The van der Waals surface area contributed by atoms with Crippen molar-refractivity contribution in [3.63, 3.8) is 0 Å². The number of hydrogen-bond acceptors (Lipinski definition) is 4. The predicted molar refractivity (Wildman–Crippen MR) is 49.0 cm³/mol. The number of carboxylic acid groups (broad SMARTS) is 1. The summed E-state index contributed by atoms with van der Waals surface area (Å²) >= 11 is 6.91. The van der Waals surface area contributed by atoms with E-state index in [1.165, 1.54) is 12.3 Å². The van der Waals surface area contributed by atoms with Crippen LogP contribution in [0.15, 0.2) is 18.3 Å². The van der Waals surface area contributed by atoms with Crippen LogP contribution in [0, 0.1) is 0 Å². The van der Waals surface area contributed by atoms with Gasteiger partial charge in [0.25, 0.3) is 0 Å². The van der Waals surface area contributed by atoms with E-state index in [1.807, 2.05) is 0 Å². The Labute approximate surface area is 101 Å². The van der Waals surface area contributed by atoms with Crippen molar-refractivity contribution in [2.24, 2.45) is 0 Å². The van der Waals surface area contributed by atoms with E-state index < -0.39 is 5.97 Å². The van der Waals surface area contributed by atoms with Crippen LogP contribution in [0.1, 0.15) is 9.67 Å². The van der Waals surface area contributed by atoms with E-state index >= 15 is 0 Å². The normalized spacial score (nSPS) is 9.79. The van der Waals surface area contributed by atoms with Crippen LogP contribution in [0.5, 0.6) is 0 Å². The number of thiophene rings is 1. The Kier molecular flexibility index (Phi) is 3.57. The second-order valence-electron chi connectivity index (χ2n) is 2.41. The van der Waals surface area contributed by atoms with Crippen LogP contribution < -0.4 is 24.0 Å². The number of aromatic nitrogens is 1. The van der Waals surface area contributed by atoms with Gasteiger partial charge in [0, 0.05) is 6.20 Å². The quantitative estimate of drug-likeness (QED) is 0.539. The number of halogens is 1. The van der Waals surface area contributed by atoms with Crippen LogP contribution in [0.2, 0.25) is 5.02 Å². The summed E-state index contributed by atoms with van der Waals surface area (Å²) in [6.45, 7) is 0. The molecule has 3 nitrogen and oxygen atoms in total. The van der Waals surface area contributed by atoms with E-state index in [-0.39, 0.29) is 23.7 Å². The minimum Gasteiger partial charge on any atom is -0.544 e. The minimum absolute atomic E-state index is 0. The van der Waals surface area contributed by atoms with Gasteiger partial charge in [0.1, 0.15) is 0 Å². The summed E-state index contributed by atoms with van der Waals surface area (Å²) in [6, 6.07) is 3.08. The molecule has 0 saturated carbocycles. The Hall–Kier alpha value is -0.533. The largest absolute Gasteiger partial charge is 1.00 e. The number of pyridine rings is 1. The summed E-state index contributed by atoms with van der Waals surface area (Å²) in [4.78, 5) is 14.6. The van der Waals surface area contributed by atoms with Gasteiger partial charge >= 0.3 is 18.9 Å². The van der Waals surface area contributed by atoms with Gasteiger partial charge in [0.15, 0.2) is 0 Å². The summed E-state index contributed by atoms with van der Waals surface area (Å²) < 4.78 is 0.684. The molecule has 0 aliphatic carbocycles. The molecular formula is C8H3ClLiNO2S. The third-order valence-corrected chi connectivity index (χ3v) is 3.13. The molecule has 0 radical (unpaired) electrons. The summed E-state index contributed by atoms with van der Waals surface area (Å²) in [5.74, 6) is -1.20. The Morgan fingerprint density at radius 1 is 1.57 bits per heavy atom. The molecule has 2 aromatic rings. The number of carbonyl (C=O) groups excluding carboxylic acids is 1. The van der Waals surface area contributed by atoms with Crippen LogP contribution in [-0.2, 0) is 0 Å².